The van der Waals surface area contributed by atoms with Crippen LogP contribution in [0.15, 0.2) is 18.2 Å². The highest BCUT2D eigenvalue weighted by atomic mass is 32.2. The Morgan fingerprint density at radius 2 is 2.00 bits per heavy atom. The van der Waals surface area contributed by atoms with E-state index in [1.54, 1.807) is 4.90 Å². The van der Waals surface area contributed by atoms with E-state index < -0.39 is 23.1 Å². The van der Waals surface area contributed by atoms with Crippen molar-refractivity contribution in [1.29, 1.82) is 0 Å². The topological polar surface area (TPSA) is 49.9 Å². The summed E-state index contributed by atoms with van der Waals surface area (Å²) in [6.45, 7) is 5.88. The van der Waals surface area contributed by atoms with E-state index in [1.807, 2.05) is 13.8 Å². The van der Waals surface area contributed by atoms with Crippen molar-refractivity contribution in [1.82, 2.24) is 9.80 Å². The molecule has 0 bridgehead atoms. The third-order valence-corrected chi connectivity index (χ3v) is 5.98. The minimum Gasteiger partial charge on any atom is -0.378 e. The summed E-state index contributed by atoms with van der Waals surface area (Å²) in [6.07, 6.45) is 0.488. The van der Waals surface area contributed by atoms with Crippen molar-refractivity contribution in [3.63, 3.8) is 0 Å². The van der Waals surface area contributed by atoms with Crippen LogP contribution in [0.1, 0.15) is 31.2 Å². The summed E-state index contributed by atoms with van der Waals surface area (Å²) in [7, 11) is 0. The highest BCUT2D eigenvalue weighted by Crippen LogP contribution is 2.42. The normalized spacial score (nSPS) is 21.8. The maximum atomic E-state index is 14.4. The van der Waals surface area contributed by atoms with E-state index in [0.29, 0.717) is 32.7 Å². The van der Waals surface area contributed by atoms with Crippen molar-refractivity contribution in [2.45, 2.75) is 31.7 Å². The Kier molecular flexibility index (Phi) is 6.37. The zero-order valence-corrected chi connectivity index (χ0v) is 16.3. The number of hydrogen-bond donors (Lipinski definition) is 0. The van der Waals surface area contributed by atoms with Crippen LogP contribution in [0.25, 0.3) is 0 Å². The van der Waals surface area contributed by atoms with Gasteiger partial charge < -0.3 is 14.5 Å². The molecule has 2 aliphatic rings. The van der Waals surface area contributed by atoms with E-state index in [-0.39, 0.29) is 29.0 Å². The summed E-state index contributed by atoms with van der Waals surface area (Å²) in [4.78, 5) is 29.1. The van der Waals surface area contributed by atoms with Crippen LogP contribution < -0.4 is 0 Å². The molecule has 3 rings (SSSR count). The van der Waals surface area contributed by atoms with E-state index in [4.69, 9.17) is 4.74 Å². The van der Waals surface area contributed by atoms with Gasteiger partial charge >= 0.3 is 0 Å². The first-order valence-corrected chi connectivity index (χ1v) is 10.2. The lowest BCUT2D eigenvalue weighted by molar-refractivity contribution is -0.148. The lowest BCUT2D eigenvalue weighted by Gasteiger charge is -2.37. The summed E-state index contributed by atoms with van der Waals surface area (Å²) >= 11 is 1.27. The molecule has 0 N–H and O–H groups in total. The molecule has 0 radical (unpaired) electrons. The fourth-order valence-corrected chi connectivity index (χ4v) is 4.73. The Morgan fingerprint density at radius 3 is 2.63 bits per heavy atom. The first-order valence-electron chi connectivity index (χ1n) is 9.12. The Balaban J connectivity index is 1.92. The Labute approximate surface area is 162 Å². The van der Waals surface area contributed by atoms with Gasteiger partial charge in [0, 0.05) is 24.7 Å². The first-order chi connectivity index (χ1) is 12.9. The smallest absolute Gasteiger partial charge is 0.245 e. The molecule has 0 spiro atoms. The Hall–Kier alpha value is -1.67. The molecular weight excluding hydrogens is 374 g/mol. The molecule has 5 nitrogen and oxygen atoms in total. The Morgan fingerprint density at radius 1 is 1.30 bits per heavy atom. The monoisotopic (exact) mass is 398 g/mol. The molecule has 0 aromatic heterocycles. The van der Waals surface area contributed by atoms with E-state index in [0.717, 1.165) is 6.07 Å². The molecule has 2 amide bonds. The number of nitrogens with zero attached hydrogens (tertiary/aromatic N) is 2. The number of hydrogen-bond acceptors (Lipinski definition) is 4. The van der Waals surface area contributed by atoms with Crippen molar-refractivity contribution in [3.05, 3.63) is 35.4 Å². The lowest BCUT2D eigenvalue weighted by Crippen LogP contribution is -2.53. The maximum absolute atomic E-state index is 14.4. The molecule has 27 heavy (non-hydrogen) atoms. The molecule has 2 fully saturated rings. The van der Waals surface area contributed by atoms with Gasteiger partial charge in [0.05, 0.1) is 19.0 Å². The van der Waals surface area contributed by atoms with Gasteiger partial charge in [0.25, 0.3) is 0 Å². The second-order valence-electron chi connectivity index (χ2n) is 7.21. The fraction of sp³-hybridized carbons (Fsp3) is 0.579. The number of carbonyl (C=O) groups is 2. The third-order valence-electron chi connectivity index (χ3n) is 4.77. The molecule has 1 aromatic carbocycles. The number of rotatable bonds is 5. The van der Waals surface area contributed by atoms with Gasteiger partial charge in [-0.1, -0.05) is 19.9 Å². The zero-order chi connectivity index (χ0) is 19.6. The molecule has 2 saturated heterocycles. The number of amides is 2. The highest BCUT2D eigenvalue weighted by molar-refractivity contribution is 8.00. The van der Waals surface area contributed by atoms with Crippen molar-refractivity contribution in [3.8, 4) is 0 Å². The molecule has 0 aliphatic carbocycles. The third kappa shape index (κ3) is 4.43. The van der Waals surface area contributed by atoms with Crippen LogP contribution in [0.4, 0.5) is 8.78 Å². The van der Waals surface area contributed by atoms with Gasteiger partial charge in [-0.15, -0.1) is 11.8 Å². The molecular formula is C19H24F2N2O3S. The number of morpholine rings is 1. The average molecular weight is 398 g/mol. The molecule has 8 heteroatoms. The van der Waals surface area contributed by atoms with E-state index in [2.05, 4.69) is 0 Å². The predicted molar refractivity (Wildman–Crippen MR) is 99.0 cm³/mol. The van der Waals surface area contributed by atoms with Crippen molar-refractivity contribution in [2.75, 3.05) is 32.1 Å². The molecule has 0 unspecified atom stereocenters. The predicted octanol–water partition coefficient (Wildman–Crippen LogP) is 2.81. The Bertz CT molecular complexity index is 710. The van der Waals surface area contributed by atoms with Crippen LogP contribution >= 0.6 is 11.8 Å². The van der Waals surface area contributed by atoms with Crippen LogP contribution in [-0.4, -0.2) is 59.7 Å². The van der Waals surface area contributed by atoms with Gasteiger partial charge in [-0.2, -0.15) is 0 Å². The largest absolute Gasteiger partial charge is 0.378 e. The van der Waals surface area contributed by atoms with Crippen molar-refractivity contribution in [2.24, 2.45) is 5.92 Å². The SMILES string of the molecule is CC(C)C[C@H](C(=O)N1CCOCC1)N1C(=O)CS[C@H]1c1ccc(F)cc1F. The van der Waals surface area contributed by atoms with Crippen LogP contribution in [0.5, 0.6) is 0 Å². The fourth-order valence-electron chi connectivity index (χ4n) is 3.49. The second-order valence-corrected chi connectivity index (χ2v) is 8.28. The quantitative estimate of drug-likeness (QED) is 0.765. The summed E-state index contributed by atoms with van der Waals surface area (Å²) in [6, 6.07) is 2.69. The molecule has 0 saturated carbocycles. The summed E-state index contributed by atoms with van der Waals surface area (Å²) < 4.78 is 33.0. The van der Waals surface area contributed by atoms with Gasteiger partial charge in [0.15, 0.2) is 0 Å². The average Bonchev–Trinajstić information content (AvgIpc) is 3.01. The molecule has 148 valence electrons. The van der Waals surface area contributed by atoms with Gasteiger partial charge in [0.1, 0.15) is 23.1 Å². The number of benzene rings is 1. The molecule has 2 heterocycles. The summed E-state index contributed by atoms with van der Waals surface area (Å²) in [5, 5.41) is -0.633. The van der Waals surface area contributed by atoms with E-state index in [1.165, 1.54) is 28.8 Å². The highest BCUT2D eigenvalue weighted by Gasteiger charge is 2.43. The molecule has 2 atom stereocenters. The second kappa shape index (κ2) is 8.56. The summed E-state index contributed by atoms with van der Waals surface area (Å²) in [5.74, 6) is -1.34. The van der Waals surface area contributed by atoms with Crippen molar-refractivity contribution >= 4 is 23.6 Å². The van der Waals surface area contributed by atoms with Gasteiger partial charge in [-0.25, -0.2) is 8.78 Å². The minimum atomic E-state index is -0.700. The zero-order valence-electron chi connectivity index (χ0n) is 15.5. The number of carbonyl (C=O) groups excluding carboxylic acids is 2. The van der Waals surface area contributed by atoms with Crippen molar-refractivity contribution < 1.29 is 23.1 Å². The van der Waals surface area contributed by atoms with Crippen LogP contribution in [0, 0.1) is 17.6 Å². The number of ether oxygens (including phenoxy) is 1. The van der Waals surface area contributed by atoms with Crippen LogP contribution in [0.3, 0.4) is 0 Å². The summed E-state index contributed by atoms with van der Waals surface area (Å²) in [5.41, 5.74) is 0.232. The first kappa shape index (κ1) is 20.1. The molecule has 2 aliphatic heterocycles. The van der Waals surface area contributed by atoms with Gasteiger partial charge in [-0.05, 0) is 18.4 Å². The van der Waals surface area contributed by atoms with E-state index in [9.17, 15) is 18.4 Å². The number of thioether (sulfide) groups is 1. The lowest BCUT2D eigenvalue weighted by atomic mass is 9.99. The van der Waals surface area contributed by atoms with Crippen LogP contribution in [-0.2, 0) is 14.3 Å². The van der Waals surface area contributed by atoms with Gasteiger partial charge in [0.2, 0.25) is 11.8 Å². The van der Waals surface area contributed by atoms with Crippen LogP contribution in [0.2, 0.25) is 0 Å². The minimum absolute atomic E-state index is 0.129. The maximum Gasteiger partial charge on any atom is 0.245 e. The number of halogens is 2. The van der Waals surface area contributed by atoms with E-state index >= 15 is 0 Å². The molecule has 1 aromatic rings. The standard InChI is InChI=1S/C19H24F2N2O3S/c1-12(2)9-16(18(25)22-5-7-26-8-6-22)23-17(24)11-27-19(23)14-4-3-13(20)10-15(14)21/h3-4,10,12,16,19H,5-9,11H2,1-2H3/t16-,19+/m1/s1. The van der Waals surface area contributed by atoms with Gasteiger partial charge in [-0.3, -0.25) is 9.59 Å².